The number of carbonyl (C=O) groups is 1. The fraction of sp³-hybridized carbons (Fsp3) is 0.100. The van der Waals surface area contributed by atoms with Crippen molar-refractivity contribution in [1.29, 1.82) is 0 Å². The van der Waals surface area contributed by atoms with Crippen molar-refractivity contribution in [2.75, 3.05) is 7.11 Å². The molecule has 0 saturated heterocycles. The molecule has 0 atom stereocenters. The van der Waals surface area contributed by atoms with Crippen LogP contribution in [0.1, 0.15) is 15.9 Å². The van der Waals surface area contributed by atoms with Gasteiger partial charge in [0.15, 0.2) is 0 Å². The van der Waals surface area contributed by atoms with E-state index in [1.165, 1.54) is 7.11 Å². The van der Waals surface area contributed by atoms with Gasteiger partial charge in [-0.25, -0.2) is 9.78 Å². The van der Waals surface area contributed by atoms with E-state index in [-0.39, 0.29) is 0 Å². The van der Waals surface area contributed by atoms with Gasteiger partial charge in [0.05, 0.1) is 18.4 Å². The van der Waals surface area contributed by atoms with Crippen LogP contribution in [-0.2, 0) is 11.3 Å². The summed E-state index contributed by atoms with van der Waals surface area (Å²) in [5.41, 5.74) is 2.77. The van der Waals surface area contributed by atoms with Gasteiger partial charge in [-0.05, 0) is 23.8 Å². The Morgan fingerprint density at radius 3 is 2.56 bits per heavy atom. The third-order valence-electron chi connectivity index (χ3n) is 3.57. The quantitative estimate of drug-likeness (QED) is 0.620. The van der Waals surface area contributed by atoms with Crippen molar-refractivity contribution < 1.29 is 14.3 Å². The third kappa shape index (κ3) is 4.37. The van der Waals surface area contributed by atoms with Crippen LogP contribution in [0.25, 0.3) is 11.3 Å². The number of rotatable bonds is 5. The minimum absolute atomic E-state index is 0.349. The van der Waals surface area contributed by atoms with Crippen LogP contribution >= 0.6 is 11.6 Å². The molecule has 1 heterocycles. The number of ether oxygens (including phenoxy) is 2. The smallest absolute Gasteiger partial charge is 0.338 e. The van der Waals surface area contributed by atoms with Crippen molar-refractivity contribution in [3.63, 3.8) is 0 Å². The highest BCUT2D eigenvalue weighted by atomic mass is 35.5. The maximum atomic E-state index is 12.0. The van der Waals surface area contributed by atoms with E-state index in [4.69, 9.17) is 21.1 Å². The summed E-state index contributed by atoms with van der Waals surface area (Å²) in [4.78, 5) is 16.4. The fourth-order valence-corrected chi connectivity index (χ4v) is 2.53. The third-order valence-corrected chi connectivity index (χ3v) is 3.81. The number of nitrogens with zero attached hydrogens (tertiary/aromatic N) is 1. The Morgan fingerprint density at radius 2 is 1.84 bits per heavy atom. The zero-order chi connectivity index (χ0) is 17.6. The molecule has 0 aliphatic carbocycles. The van der Waals surface area contributed by atoms with Gasteiger partial charge in [-0.2, -0.15) is 0 Å². The Kier molecular flexibility index (Phi) is 5.31. The maximum absolute atomic E-state index is 12.0. The summed E-state index contributed by atoms with van der Waals surface area (Å²) in [6.45, 7) is 0.355. The van der Waals surface area contributed by atoms with Crippen molar-refractivity contribution in [3.05, 3.63) is 82.9 Å². The van der Waals surface area contributed by atoms with Crippen LogP contribution in [0.5, 0.6) is 5.88 Å². The van der Waals surface area contributed by atoms with Gasteiger partial charge < -0.3 is 9.47 Å². The van der Waals surface area contributed by atoms with Crippen molar-refractivity contribution in [3.8, 4) is 17.1 Å². The number of pyridine rings is 1. The molecule has 0 radical (unpaired) electrons. The highest BCUT2D eigenvalue weighted by Crippen LogP contribution is 2.25. The lowest BCUT2D eigenvalue weighted by Crippen LogP contribution is -2.05. The summed E-state index contributed by atoms with van der Waals surface area (Å²) in [5.74, 6) is -0.100. The van der Waals surface area contributed by atoms with Crippen LogP contribution in [-0.4, -0.2) is 18.1 Å². The van der Waals surface area contributed by atoms with Gasteiger partial charge in [0.25, 0.3) is 0 Å². The maximum Gasteiger partial charge on any atom is 0.338 e. The molecule has 0 amide bonds. The van der Waals surface area contributed by atoms with E-state index >= 15 is 0 Å². The van der Waals surface area contributed by atoms with E-state index in [0.717, 1.165) is 11.1 Å². The number of hydrogen-bond acceptors (Lipinski definition) is 4. The molecule has 1 aromatic heterocycles. The molecule has 0 bridgehead atoms. The molecule has 2 aromatic carbocycles. The van der Waals surface area contributed by atoms with Gasteiger partial charge in [0.2, 0.25) is 5.88 Å². The standard InChI is InChI=1S/C20H16ClNO3/c1-24-20(23)16-11-18(15-8-5-9-17(21)10-15)22-19(12-16)25-13-14-6-3-2-4-7-14/h2-12H,13H2,1H3. The van der Waals surface area contributed by atoms with E-state index in [2.05, 4.69) is 4.98 Å². The molecule has 0 unspecified atom stereocenters. The first kappa shape index (κ1) is 17.0. The van der Waals surface area contributed by atoms with E-state index in [9.17, 15) is 4.79 Å². The predicted octanol–water partition coefficient (Wildman–Crippen LogP) is 4.77. The van der Waals surface area contributed by atoms with Crippen LogP contribution in [0.4, 0.5) is 0 Å². The first-order valence-corrected chi connectivity index (χ1v) is 8.06. The molecule has 0 saturated carbocycles. The topological polar surface area (TPSA) is 48.4 Å². The number of benzene rings is 2. The Morgan fingerprint density at radius 1 is 1.04 bits per heavy atom. The summed E-state index contributed by atoms with van der Waals surface area (Å²) in [6.07, 6.45) is 0. The largest absolute Gasteiger partial charge is 0.473 e. The number of hydrogen-bond donors (Lipinski definition) is 0. The van der Waals surface area contributed by atoms with Crippen LogP contribution in [0.15, 0.2) is 66.7 Å². The van der Waals surface area contributed by atoms with Gasteiger partial charge >= 0.3 is 5.97 Å². The van der Waals surface area contributed by atoms with Crippen LogP contribution in [0.3, 0.4) is 0 Å². The molecule has 0 fully saturated rings. The molecule has 3 aromatic rings. The lowest BCUT2D eigenvalue weighted by molar-refractivity contribution is 0.0600. The lowest BCUT2D eigenvalue weighted by Gasteiger charge is -2.10. The number of methoxy groups -OCH3 is 1. The van der Waals surface area contributed by atoms with E-state index < -0.39 is 5.97 Å². The number of carbonyl (C=O) groups excluding carboxylic acids is 1. The van der Waals surface area contributed by atoms with Gasteiger partial charge in [0, 0.05) is 16.7 Å². The van der Waals surface area contributed by atoms with Crippen LogP contribution in [0, 0.1) is 0 Å². The molecule has 5 heteroatoms. The molecule has 3 rings (SSSR count). The van der Waals surface area contributed by atoms with E-state index in [1.807, 2.05) is 42.5 Å². The first-order chi connectivity index (χ1) is 12.2. The molecular formula is C20H16ClNO3. The zero-order valence-corrected chi connectivity index (χ0v) is 14.4. The average molecular weight is 354 g/mol. The number of esters is 1. The minimum Gasteiger partial charge on any atom is -0.473 e. The SMILES string of the molecule is COC(=O)c1cc(OCc2ccccc2)nc(-c2cccc(Cl)c2)c1. The normalized spacial score (nSPS) is 10.3. The summed E-state index contributed by atoms with van der Waals surface area (Å²) >= 11 is 6.05. The molecule has 0 N–H and O–H groups in total. The Hall–Kier alpha value is -2.85. The van der Waals surface area contributed by atoms with Gasteiger partial charge in [-0.1, -0.05) is 54.1 Å². The van der Waals surface area contributed by atoms with Gasteiger partial charge in [0.1, 0.15) is 6.61 Å². The fourth-order valence-electron chi connectivity index (χ4n) is 2.34. The van der Waals surface area contributed by atoms with Crippen LogP contribution < -0.4 is 4.74 Å². The monoisotopic (exact) mass is 353 g/mol. The van der Waals surface area contributed by atoms with E-state index in [0.29, 0.717) is 28.8 Å². The molecule has 4 nitrogen and oxygen atoms in total. The van der Waals surface area contributed by atoms with Crippen LogP contribution in [0.2, 0.25) is 5.02 Å². The second-order valence-corrected chi connectivity index (χ2v) is 5.79. The second-order valence-electron chi connectivity index (χ2n) is 5.36. The summed E-state index contributed by atoms with van der Waals surface area (Å²) in [6, 6.07) is 20.2. The number of aromatic nitrogens is 1. The minimum atomic E-state index is -0.449. The summed E-state index contributed by atoms with van der Waals surface area (Å²) in [5, 5.41) is 0.592. The lowest BCUT2D eigenvalue weighted by atomic mass is 10.1. The Balaban J connectivity index is 1.94. The van der Waals surface area contributed by atoms with E-state index in [1.54, 1.807) is 24.3 Å². The highest BCUT2D eigenvalue weighted by molar-refractivity contribution is 6.30. The van der Waals surface area contributed by atoms with Gasteiger partial charge in [-0.3, -0.25) is 0 Å². The predicted molar refractivity (Wildman–Crippen MR) is 96.8 cm³/mol. The molecule has 25 heavy (non-hydrogen) atoms. The number of halogens is 1. The average Bonchev–Trinajstić information content (AvgIpc) is 2.66. The Labute approximate surface area is 151 Å². The highest BCUT2D eigenvalue weighted by Gasteiger charge is 2.12. The van der Waals surface area contributed by atoms with Gasteiger partial charge in [-0.15, -0.1) is 0 Å². The molecule has 0 aliphatic heterocycles. The van der Waals surface area contributed by atoms with Crippen molar-refractivity contribution >= 4 is 17.6 Å². The van der Waals surface area contributed by atoms with Crippen molar-refractivity contribution in [2.45, 2.75) is 6.61 Å². The molecule has 0 aliphatic rings. The zero-order valence-electron chi connectivity index (χ0n) is 13.6. The molecular weight excluding hydrogens is 338 g/mol. The summed E-state index contributed by atoms with van der Waals surface area (Å²) < 4.78 is 10.6. The summed E-state index contributed by atoms with van der Waals surface area (Å²) in [7, 11) is 1.34. The first-order valence-electron chi connectivity index (χ1n) is 7.69. The van der Waals surface area contributed by atoms with Crippen molar-refractivity contribution in [1.82, 2.24) is 4.98 Å². The molecule has 126 valence electrons. The second kappa shape index (κ2) is 7.81. The Bertz CT molecular complexity index is 881. The van der Waals surface area contributed by atoms with Crippen molar-refractivity contribution in [2.24, 2.45) is 0 Å². The molecule has 0 spiro atoms.